The van der Waals surface area contributed by atoms with Crippen LogP contribution in [-0.2, 0) is 24.9 Å². The summed E-state index contributed by atoms with van der Waals surface area (Å²) in [6.07, 6.45) is 13.3. The molecule has 3 nitrogen and oxygen atoms in total. The number of nitrogens with zero attached hydrogens (tertiary/aromatic N) is 1. The van der Waals surface area contributed by atoms with Gasteiger partial charge in [-0.05, 0) is 68.9 Å². The summed E-state index contributed by atoms with van der Waals surface area (Å²) in [6, 6.07) is 20.1. The van der Waals surface area contributed by atoms with Crippen molar-refractivity contribution in [1.82, 2.24) is 4.98 Å². The molecule has 1 N–H and O–H groups in total. The molecule has 1 aliphatic rings. The van der Waals surface area contributed by atoms with Crippen molar-refractivity contribution in [2.45, 2.75) is 98.3 Å². The zero-order valence-corrected chi connectivity index (χ0v) is 31.5. The number of aliphatic hydroxyl groups excluding tert-OH is 1. The average molecular weight is 829 g/mol. The minimum Gasteiger partial charge on any atom is -0.512 e. The van der Waals surface area contributed by atoms with Crippen LogP contribution in [0.15, 0.2) is 66.6 Å². The van der Waals surface area contributed by atoms with E-state index in [2.05, 4.69) is 42.5 Å². The van der Waals surface area contributed by atoms with Gasteiger partial charge in [-0.15, -0.1) is 40.5 Å². The maximum absolute atomic E-state index is 14.2. The predicted octanol–water partition coefficient (Wildman–Crippen LogP) is 12.4. The van der Waals surface area contributed by atoms with E-state index in [1.807, 2.05) is 46.9 Å². The minimum absolute atomic E-state index is 0. The molecule has 2 aromatic heterocycles. The quantitative estimate of drug-likeness (QED) is 0.0915. The Bertz CT molecular complexity index is 1850. The predicted molar refractivity (Wildman–Crippen MR) is 193 cm³/mol. The molecule has 6 heteroatoms. The number of aryl methyl sites for hydroxylation is 1. The first-order valence-electron chi connectivity index (χ1n) is 17.2. The van der Waals surface area contributed by atoms with Gasteiger partial charge in [0, 0.05) is 70.3 Å². The van der Waals surface area contributed by atoms with Crippen LogP contribution in [0.5, 0.6) is 0 Å². The number of pyridine rings is 1. The zero-order chi connectivity index (χ0) is 32.8. The van der Waals surface area contributed by atoms with Crippen LogP contribution in [0.3, 0.4) is 0 Å². The van der Waals surface area contributed by atoms with E-state index in [1.165, 1.54) is 49.1 Å². The summed E-state index contributed by atoms with van der Waals surface area (Å²) in [5, 5.41) is 14.5. The standard InChI is InChI=1S/C28H23FNS.C13H24O2.Ir/c1-17-25(29)12-11-22-23-13-14-30-26(28(23)31-27(17)22)20-15-19-9-5-6-10-21(19)24(16-20)18-7-3-2-4-8-18;1-5-10(6-2)12(14)9-13(15)11(7-3)8-4;/h5-6,9-14,16,18H,2-4,7-8H2,1H3;9-11,14H,5-8H2,1-4H3;/q-1;;/b;12-9-;. The molecule has 6 rings (SSSR count). The first-order valence-corrected chi connectivity index (χ1v) is 18.0. The van der Waals surface area contributed by atoms with E-state index in [4.69, 9.17) is 4.98 Å². The van der Waals surface area contributed by atoms with E-state index in [-0.39, 0.29) is 49.3 Å². The summed E-state index contributed by atoms with van der Waals surface area (Å²) in [6.45, 7) is 9.94. The molecule has 3 aromatic carbocycles. The number of halogens is 1. The molecule has 5 aromatic rings. The third-order valence-electron chi connectivity index (χ3n) is 9.93. The third kappa shape index (κ3) is 8.04. The smallest absolute Gasteiger partial charge is 0.162 e. The number of ketones is 1. The summed E-state index contributed by atoms with van der Waals surface area (Å²) in [7, 11) is 0. The maximum atomic E-state index is 14.2. The molecule has 0 atom stereocenters. The van der Waals surface area contributed by atoms with E-state index in [0.717, 1.165) is 68.1 Å². The van der Waals surface area contributed by atoms with E-state index in [9.17, 15) is 14.3 Å². The molecule has 1 saturated carbocycles. The topological polar surface area (TPSA) is 50.2 Å². The second-order valence-electron chi connectivity index (χ2n) is 12.7. The number of carbonyl (C=O) groups is 1. The summed E-state index contributed by atoms with van der Waals surface area (Å²) in [4.78, 5) is 16.5. The summed E-state index contributed by atoms with van der Waals surface area (Å²) < 4.78 is 16.3. The number of fused-ring (bicyclic) bond motifs is 4. The van der Waals surface area contributed by atoms with Gasteiger partial charge in [0.2, 0.25) is 0 Å². The van der Waals surface area contributed by atoms with Gasteiger partial charge in [-0.3, -0.25) is 9.78 Å². The van der Waals surface area contributed by atoms with Crippen LogP contribution >= 0.6 is 11.3 Å². The fraction of sp³-hybridized carbons (Fsp3) is 0.415. The van der Waals surface area contributed by atoms with Gasteiger partial charge in [0.15, 0.2) is 5.78 Å². The van der Waals surface area contributed by atoms with Gasteiger partial charge in [-0.2, -0.15) is 0 Å². The van der Waals surface area contributed by atoms with Gasteiger partial charge in [0.05, 0.1) is 5.76 Å². The number of thiophene rings is 1. The Hall–Kier alpha value is -2.92. The summed E-state index contributed by atoms with van der Waals surface area (Å²) in [5.41, 5.74) is 4.16. The Labute approximate surface area is 297 Å². The van der Waals surface area contributed by atoms with Crippen molar-refractivity contribution in [2.24, 2.45) is 11.8 Å². The van der Waals surface area contributed by atoms with Crippen LogP contribution in [-0.4, -0.2) is 15.9 Å². The Morgan fingerprint density at radius 3 is 2.28 bits per heavy atom. The molecule has 2 heterocycles. The SMILES string of the molecule is CCC(CC)C(=O)/C=C(\O)C(CC)CC.Cc1c(F)ccc2c1sc1c(-c3[c-]c4ccccc4c(C4CCCCC4)c3)nccc12.[Ir]. The Morgan fingerprint density at radius 2 is 1.60 bits per heavy atom. The molecular weight excluding hydrogens is 782 g/mol. The van der Waals surface area contributed by atoms with Crippen LogP contribution in [0.4, 0.5) is 4.39 Å². The molecular formula is C41H47FIrNO2S-. The summed E-state index contributed by atoms with van der Waals surface area (Å²) in [5.74, 6) is 1.00. The summed E-state index contributed by atoms with van der Waals surface area (Å²) >= 11 is 1.65. The number of hydrogen-bond acceptors (Lipinski definition) is 4. The number of aliphatic hydroxyl groups is 1. The largest absolute Gasteiger partial charge is 0.512 e. The molecule has 0 saturated heterocycles. The first-order chi connectivity index (χ1) is 22.3. The molecule has 0 unspecified atom stereocenters. The molecule has 0 spiro atoms. The number of aromatic nitrogens is 1. The number of carbonyl (C=O) groups excluding carboxylic acids is 1. The monoisotopic (exact) mass is 829 g/mol. The third-order valence-corrected chi connectivity index (χ3v) is 11.3. The van der Waals surface area contributed by atoms with E-state index >= 15 is 0 Å². The number of rotatable bonds is 9. The van der Waals surface area contributed by atoms with Gasteiger partial charge < -0.3 is 5.11 Å². The fourth-order valence-corrected chi connectivity index (χ4v) is 8.28. The average Bonchev–Trinajstić information content (AvgIpc) is 3.47. The van der Waals surface area contributed by atoms with Gasteiger partial charge in [-0.25, -0.2) is 4.39 Å². The van der Waals surface area contributed by atoms with Crippen LogP contribution in [0, 0.1) is 30.6 Å². The van der Waals surface area contributed by atoms with E-state index < -0.39 is 0 Å². The molecule has 47 heavy (non-hydrogen) atoms. The number of benzene rings is 3. The molecule has 1 fully saturated rings. The van der Waals surface area contributed by atoms with Gasteiger partial charge in [-0.1, -0.05) is 82.2 Å². The van der Waals surface area contributed by atoms with Crippen molar-refractivity contribution in [3.8, 4) is 11.3 Å². The van der Waals surface area contributed by atoms with Crippen molar-refractivity contribution >= 4 is 48.1 Å². The molecule has 0 amide bonds. The van der Waals surface area contributed by atoms with Gasteiger partial charge >= 0.3 is 0 Å². The first kappa shape index (κ1) is 36.9. The molecule has 0 aliphatic heterocycles. The van der Waals surface area contributed by atoms with Crippen molar-refractivity contribution in [3.05, 3.63) is 89.6 Å². The Morgan fingerprint density at radius 1 is 0.936 bits per heavy atom. The van der Waals surface area contributed by atoms with Gasteiger partial charge in [0.25, 0.3) is 0 Å². The normalized spacial score (nSPS) is 14.1. The number of allylic oxidation sites excluding steroid dienone is 2. The zero-order valence-electron chi connectivity index (χ0n) is 28.3. The second kappa shape index (κ2) is 17.0. The van der Waals surface area contributed by atoms with Crippen molar-refractivity contribution in [1.29, 1.82) is 0 Å². The molecule has 1 radical (unpaired) electrons. The molecule has 1 aliphatic carbocycles. The van der Waals surface area contributed by atoms with Crippen LogP contribution in [0.1, 0.15) is 103 Å². The van der Waals surface area contributed by atoms with Crippen molar-refractivity contribution in [3.63, 3.8) is 0 Å². The Balaban J connectivity index is 0.000000269. The molecule has 251 valence electrons. The van der Waals surface area contributed by atoms with Crippen molar-refractivity contribution in [2.75, 3.05) is 0 Å². The molecule has 0 bridgehead atoms. The number of hydrogen-bond donors (Lipinski definition) is 1. The van der Waals surface area contributed by atoms with Crippen molar-refractivity contribution < 1.29 is 34.4 Å². The van der Waals surface area contributed by atoms with Crippen LogP contribution in [0.25, 0.3) is 42.2 Å². The van der Waals surface area contributed by atoms with Crippen LogP contribution in [0.2, 0.25) is 0 Å². The minimum atomic E-state index is -0.148. The van der Waals surface area contributed by atoms with Gasteiger partial charge in [0.1, 0.15) is 5.82 Å². The fourth-order valence-electron chi connectivity index (χ4n) is 6.99. The maximum Gasteiger partial charge on any atom is 0.162 e. The van der Waals surface area contributed by atoms with E-state index in [0.29, 0.717) is 5.92 Å². The van der Waals surface area contributed by atoms with Crippen LogP contribution < -0.4 is 0 Å². The van der Waals surface area contributed by atoms with E-state index in [1.54, 1.807) is 17.4 Å². The Kier molecular flexibility index (Phi) is 13.3. The second-order valence-corrected chi connectivity index (χ2v) is 13.7.